The molecule has 2 rings (SSSR count). The number of hydrogen-bond donors (Lipinski definition) is 1. The summed E-state index contributed by atoms with van der Waals surface area (Å²) in [4.78, 5) is 0. The summed E-state index contributed by atoms with van der Waals surface area (Å²) in [7, 11) is 1.69. The van der Waals surface area contributed by atoms with Crippen LogP contribution >= 0.6 is 0 Å². The van der Waals surface area contributed by atoms with E-state index < -0.39 is 0 Å². The van der Waals surface area contributed by atoms with E-state index in [1.54, 1.807) is 7.11 Å². The van der Waals surface area contributed by atoms with Crippen LogP contribution in [0.15, 0.2) is 24.3 Å². The van der Waals surface area contributed by atoms with E-state index in [2.05, 4.69) is 24.4 Å². The summed E-state index contributed by atoms with van der Waals surface area (Å²) in [6.45, 7) is 3.97. The monoisotopic (exact) mass is 235 g/mol. The van der Waals surface area contributed by atoms with Crippen LogP contribution in [0.3, 0.4) is 0 Å². The zero-order chi connectivity index (χ0) is 12.1. The highest BCUT2D eigenvalue weighted by molar-refractivity contribution is 5.28. The van der Waals surface area contributed by atoms with Crippen LogP contribution in [0.25, 0.3) is 0 Å². The molecule has 1 fully saturated rings. The van der Waals surface area contributed by atoms with Crippen molar-refractivity contribution in [2.75, 3.05) is 20.3 Å². The normalized spacial score (nSPS) is 18.9. The second-order valence-corrected chi connectivity index (χ2v) is 4.55. The summed E-state index contributed by atoms with van der Waals surface area (Å²) in [5.74, 6) is 0.909. The molecule has 0 amide bonds. The lowest BCUT2D eigenvalue weighted by Crippen LogP contribution is -2.36. The van der Waals surface area contributed by atoms with E-state index in [0.717, 1.165) is 31.8 Å². The third-order valence-electron chi connectivity index (χ3n) is 3.32. The summed E-state index contributed by atoms with van der Waals surface area (Å²) in [5, 5.41) is 3.65. The van der Waals surface area contributed by atoms with Gasteiger partial charge >= 0.3 is 0 Å². The first kappa shape index (κ1) is 12.4. The van der Waals surface area contributed by atoms with Crippen molar-refractivity contribution in [1.29, 1.82) is 0 Å². The van der Waals surface area contributed by atoms with Crippen LogP contribution in [0.4, 0.5) is 0 Å². The highest BCUT2D eigenvalue weighted by Crippen LogP contribution is 2.19. The molecule has 0 bridgehead atoms. The van der Waals surface area contributed by atoms with Gasteiger partial charge in [-0.25, -0.2) is 0 Å². The molecule has 3 nitrogen and oxygen atoms in total. The molecule has 0 radical (unpaired) electrons. The third-order valence-corrected chi connectivity index (χ3v) is 3.32. The molecule has 0 saturated carbocycles. The predicted octanol–water partition coefficient (Wildman–Crippen LogP) is 2.52. The van der Waals surface area contributed by atoms with Crippen LogP contribution in [0.5, 0.6) is 5.75 Å². The molecule has 1 aromatic carbocycles. The maximum atomic E-state index is 5.36. The highest BCUT2D eigenvalue weighted by atomic mass is 16.5. The number of ether oxygens (including phenoxy) is 2. The van der Waals surface area contributed by atoms with E-state index in [-0.39, 0.29) is 0 Å². The number of methoxy groups -OCH3 is 1. The van der Waals surface area contributed by atoms with Crippen molar-refractivity contribution in [3.05, 3.63) is 29.8 Å². The maximum Gasteiger partial charge on any atom is 0.118 e. The minimum absolute atomic E-state index is 0.379. The molecule has 1 aliphatic heterocycles. The molecule has 17 heavy (non-hydrogen) atoms. The van der Waals surface area contributed by atoms with Crippen molar-refractivity contribution in [3.63, 3.8) is 0 Å². The summed E-state index contributed by atoms with van der Waals surface area (Å²) in [6, 6.07) is 9.23. The molecule has 0 unspecified atom stereocenters. The average molecular weight is 235 g/mol. The first-order chi connectivity index (χ1) is 8.29. The Balaban J connectivity index is 1.91. The zero-order valence-corrected chi connectivity index (χ0v) is 10.6. The Hall–Kier alpha value is -1.06. The zero-order valence-electron chi connectivity index (χ0n) is 10.6. The second kappa shape index (κ2) is 6.03. The molecule has 1 N–H and O–H groups in total. The van der Waals surface area contributed by atoms with Crippen molar-refractivity contribution in [3.8, 4) is 5.75 Å². The number of hydrogen-bond acceptors (Lipinski definition) is 3. The van der Waals surface area contributed by atoms with Crippen LogP contribution in [0, 0.1) is 0 Å². The second-order valence-electron chi connectivity index (χ2n) is 4.55. The molecular formula is C14H21NO2. The molecule has 1 atom stereocenters. The fraction of sp³-hybridized carbons (Fsp3) is 0.571. The van der Waals surface area contributed by atoms with Gasteiger partial charge < -0.3 is 14.8 Å². The van der Waals surface area contributed by atoms with E-state index in [1.807, 2.05) is 12.1 Å². The van der Waals surface area contributed by atoms with Crippen LogP contribution < -0.4 is 10.1 Å². The van der Waals surface area contributed by atoms with Gasteiger partial charge in [0.15, 0.2) is 0 Å². The molecule has 1 aromatic rings. The first-order valence-electron chi connectivity index (χ1n) is 6.27. The summed E-state index contributed by atoms with van der Waals surface area (Å²) >= 11 is 0. The van der Waals surface area contributed by atoms with Gasteiger partial charge in [0.05, 0.1) is 7.11 Å². The minimum atomic E-state index is 0.379. The third kappa shape index (κ3) is 3.45. The van der Waals surface area contributed by atoms with Crippen LogP contribution in [0.2, 0.25) is 0 Å². The fourth-order valence-corrected chi connectivity index (χ4v) is 2.21. The Kier molecular flexibility index (Phi) is 4.40. The standard InChI is InChI=1S/C14H21NO2/c1-11(15-13-7-9-17-10-8-13)12-3-5-14(16-2)6-4-12/h3-6,11,13,15H,7-10H2,1-2H3/t11-/m1/s1. The van der Waals surface area contributed by atoms with Gasteiger partial charge in [0.1, 0.15) is 5.75 Å². The maximum absolute atomic E-state index is 5.36. The van der Waals surface area contributed by atoms with Crippen molar-refractivity contribution in [2.45, 2.75) is 31.8 Å². The largest absolute Gasteiger partial charge is 0.497 e. The fourth-order valence-electron chi connectivity index (χ4n) is 2.21. The topological polar surface area (TPSA) is 30.5 Å². The predicted molar refractivity (Wildman–Crippen MR) is 68.4 cm³/mol. The van der Waals surface area contributed by atoms with Crippen LogP contribution in [0.1, 0.15) is 31.4 Å². The van der Waals surface area contributed by atoms with Gasteiger partial charge in [0.25, 0.3) is 0 Å². The molecule has 94 valence electrons. The van der Waals surface area contributed by atoms with Crippen molar-refractivity contribution < 1.29 is 9.47 Å². The molecule has 1 saturated heterocycles. The smallest absolute Gasteiger partial charge is 0.118 e. The molecule has 0 aromatic heterocycles. The first-order valence-corrected chi connectivity index (χ1v) is 6.27. The number of nitrogens with one attached hydrogen (secondary N) is 1. The summed E-state index contributed by atoms with van der Waals surface area (Å²) in [6.07, 6.45) is 2.22. The van der Waals surface area contributed by atoms with Crippen LogP contribution in [-0.4, -0.2) is 26.4 Å². The molecule has 0 spiro atoms. The molecule has 1 heterocycles. The van der Waals surface area contributed by atoms with Crippen molar-refractivity contribution in [1.82, 2.24) is 5.32 Å². The lowest BCUT2D eigenvalue weighted by atomic mass is 10.0. The Morgan fingerprint density at radius 3 is 2.47 bits per heavy atom. The van der Waals surface area contributed by atoms with Gasteiger partial charge in [0, 0.05) is 25.3 Å². The van der Waals surface area contributed by atoms with Gasteiger partial charge in [-0.2, -0.15) is 0 Å². The lowest BCUT2D eigenvalue weighted by molar-refractivity contribution is 0.0754. The van der Waals surface area contributed by atoms with Crippen molar-refractivity contribution >= 4 is 0 Å². The minimum Gasteiger partial charge on any atom is -0.497 e. The van der Waals surface area contributed by atoms with Gasteiger partial charge in [-0.1, -0.05) is 12.1 Å². The summed E-state index contributed by atoms with van der Waals surface area (Å²) < 4.78 is 10.5. The number of rotatable bonds is 4. The quantitative estimate of drug-likeness (QED) is 0.870. The SMILES string of the molecule is COc1ccc([C@@H](C)NC2CCOCC2)cc1. The van der Waals surface area contributed by atoms with Gasteiger partial charge in [-0.15, -0.1) is 0 Å². The van der Waals surface area contributed by atoms with Crippen LogP contribution in [-0.2, 0) is 4.74 Å². The lowest BCUT2D eigenvalue weighted by Gasteiger charge is -2.27. The van der Waals surface area contributed by atoms with Crippen molar-refractivity contribution in [2.24, 2.45) is 0 Å². The average Bonchev–Trinajstić information content (AvgIpc) is 2.40. The van der Waals surface area contributed by atoms with E-state index in [1.165, 1.54) is 5.56 Å². The highest BCUT2D eigenvalue weighted by Gasteiger charge is 2.16. The number of benzene rings is 1. The molecular weight excluding hydrogens is 214 g/mol. The van der Waals surface area contributed by atoms with Gasteiger partial charge in [-0.3, -0.25) is 0 Å². The summed E-state index contributed by atoms with van der Waals surface area (Å²) in [5.41, 5.74) is 1.30. The van der Waals surface area contributed by atoms with Gasteiger partial charge in [0.2, 0.25) is 0 Å². The molecule has 3 heteroatoms. The van der Waals surface area contributed by atoms with E-state index >= 15 is 0 Å². The Morgan fingerprint density at radius 1 is 1.24 bits per heavy atom. The van der Waals surface area contributed by atoms with Gasteiger partial charge in [-0.05, 0) is 37.5 Å². The Bertz CT molecular complexity index is 331. The Morgan fingerprint density at radius 2 is 1.88 bits per heavy atom. The van der Waals surface area contributed by atoms with E-state index in [4.69, 9.17) is 9.47 Å². The van der Waals surface area contributed by atoms with E-state index in [9.17, 15) is 0 Å². The molecule has 0 aliphatic carbocycles. The van der Waals surface area contributed by atoms with E-state index in [0.29, 0.717) is 12.1 Å². The Labute approximate surface area is 103 Å². The molecule has 1 aliphatic rings.